The fraction of sp³-hybridized carbons (Fsp3) is 0.500. The van der Waals surface area contributed by atoms with Gasteiger partial charge < -0.3 is 10.8 Å². The summed E-state index contributed by atoms with van der Waals surface area (Å²) in [7, 11) is 0. The van der Waals surface area contributed by atoms with Crippen molar-refractivity contribution in [1.82, 2.24) is 0 Å². The van der Waals surface area contributed by atoms with Crippen molar-refractivity contribution in [3.05, 3.63) is 29.1 Å². The number of aromatic hydroxyl groups is 1. The van der Waals surface area contributed by atoms with Gasteiger partial charge in [-0.15, -0.1) is 0 Å². The van der Waals surface area contributed by atoms with Crippen molar-refractivity contribution < 1.29 is 9.50 Å². The van der Waals surface area contributed by atoms with E-state index in [2.05, 4.69) is 0 Å². The molecule has 0 radical (unpaired) electrons. The SMILES string of the molecule is Cc1cc(O)c(F)cc1C1(N)CCCC1. The predicted octanol–water partition coefficient (Wildman–Crippen LogP) is 2.57. The van der Waals surface area contributed by atoms with Gasteiger partial charge in [-0.1, -0.05) is 12.8 Å². The average molecular weight is 209 g/mol. The molecule has 0 saturated heterocycles. The number of phenolic OH excluding ortho intramolecular Hbond substituents is 1. The minimum absolute atomic E-state index is 0.294. The summed E-state index contributed by atoms with van der Waals surface area (Å²) in [4.78, 5) is 0. The lowest BCUT2D eigenvalue weighted by molar-refractivity contribution is 0.421. The van der Waals surface area contributed by atoms with Gasteiger partial charge in [-0.25, -0.2) is 4.39 Å². The van der Waals surface area contributed by atoms with Crippen LogP contribution in [0.15, 0.2) is 12.1 Å². The molecule has 0 amide bonds. The maximum atomic E-state index is 13.3. The Kier molecular flexibility index (Phi) is 2.43. The first-order valence-corrected chi connectivity index (χ1v) is 5.31. The number of aryl methyl sites for hydroxylation is 1. The van der Waals surface area contributed by atoms with Crippen molar-refractivity contribution in [2.75, 3.05) is 0 Å². The summed E-state index contributed by atoms with van der Waals surface area (Å²) in [6.45, 7) is 1.86. The van der Waals surface area contributed by atoms with Gasteiger partial charge in [0.15, 0.2) is 11.6 Å². The van der Waals surface area contributed by atoms with Gasteiger partial charge in [0.1, 0.15) is 0 Å². The van der Waals surface area contributed by atoms with Gasteiger partial charge in [-0.2, -0.15) is 0 Å². The highest BCUT2D eigenvalue weighted by Crippen LogP contribution is 2.39. The third kappa shape index (κ3) is 1.72. The van der Waals surface area contributed by atoms with Gasteiger partial charge in [0.05, 0.1) is 0 Å². The van der Waals surface area contributed by atoms with Crippen molar-refractivity contribution >= 4 is 0 Å². The second-order valence-electron chi connectivity index (χ2n) is 4.48. The van der Waals surface area contributed by atoms with Gasteiger partial charge in [-0.05, 0) is 43.0 Å². The first-order chi connectivity index (χ1) is 7.03. The predicted molar refractivity (Wildman–Crippen MR) is 57.1 cm³/mol. The Morgan fingerprint density at radius 1 is 1.33 bits per heavy atom. The third-order valence-corrected chi connectivity index (χ3v) is 3.33. The Morgan fingerprint density at radius 2 is 1.93 bits per heavy atom. The third-order valence-electron chi connectivity index (χ3n) is 3.33. The molecule has 82 valence electrons. The van der Waals surface area contributed by atoms with Crippen LogP contribution in [0.3, 0.4) is 0 Å². The molecular formula is C12H16FNO. The standard InChI is InChI=1S/C12H16FNO/c1-8-6-11(15)10(13)7-9(8)12(14)4-2-3-5-12/h6-7,15H,2-5,14H2,1H3. The lowest BCUT2D eigenvalue weighted by Crippen LogP contribution is -2.34. The number of hydrogen-bond donors (Lipinski definition) is 2. The molecule has 0 bridgehead atoms. The maximum absolute atomic E-state index is 13.3. The first kappa shape index (κ1) is 10.4. The molecule has 2 nitrogen and oxygen atoms in total. The molecule has 0 heterocycles. The number of phenols is 1. The molecule has 3 N–H and O–H groups in total. The Hall–Kier alpha value is -1.09. The zero-order valence-electron chi connectivity index (χ0n) is 8.89. The monoisotopic (exact) mass is 209 g/mol. The van der Waals surface area contributed by atoms with Crippen molar-refractivity contribution in [3.8, 4) is 5.75 Å². The molecule has 1 saturated carbocycles. The second-order valence-corrected chi connectivity index (χ2v) is 4.48. The van der Waals surface area contributed by atoms with Crippen LogP contribution in [0.5, 0.6) is 5.75 Å². The van der Waals surface area contributed by atoms with E-state index < -0.39 is 11.4 Å². The van der Waals surface area contributed by atoms with Crippen LogP contribution in [0, 0.1) is 12.7 Å². The molecule has 15 heavy (non-hydrogen) atoms. The summed E-state index contributed by atoms with van der Waals surface area (Å²) in [6, 6.07) is 2.84. The lowest BCUT2D eigenvalue weighted by Gasteiger charge is -2.26. The second kappa shape index (κ2) is 3.49. The summed E-state index contributed by atoms with van der Waals surface area (Å²) in [5.74, 6) is -0.870. The van der Waals surface area contributed by atoms with E-state index in [0.29, 0.717) is 0 Å². The highest BCUT2D eigenvalue weighted by atomic mass is 19.1. The van der Waals surface area contributed by atoms with Crippen LogP contribution in [0.25, 0.3) is 0 Å². The Morgan fingerprint density at radius 3 is 2.53 bits per heavy atom. The Labute approximate surface area is 88.9 Å². The number of halogens is 1. The van der Waals surface area contributed by atoms with Crippen LogP contribution in [-0.4, -0.2) is 5.11 Å². The van der Waals surface area contributed by atoms with E-state index in [1.807, 2.05) is 6.92 Å². The maximum Gasteiger partial charge on any atom is 0.165 e. The largest absolute Gasteiger partial charge is 0.505 e. The molecule has 3 heteroatoms. The molecule has 2 rings (SSSR count). The minimum atomic E-state index is -0.577. The van der Waals surface area contributed by atoms with Crippen LogP contribution >= 0.6 is 0 Å². The van der Waals surface area contributed by atoms with E-state index in [4.69, 9.17) is 5.73 Å². The van der Waals surface area contributed by atoms with Crippen LogP contribution in [0.4, 0.5) is 4.39 Å². The van der Waals surface area contributed by atoms with Gasteiger partial charge in [-0.3, -0.25) is 0 Å². The summed E-state index contributed by atoms with van der Waals surface area (Å²) in [6.07, 6.45) is 3.99. The molecular weight excluding hydrogens is 193 g/mol. The fourth-order valence-electron chi connectivity index (χ4n) is 2.48. The smallest absolute Gasteiger partial charge is 0.165 e. The zero-order valence-corrected chi connectivity index (χ0v) is 8.89. The lowest BCUT2D eigenvalue weighted by atomic mass is 9.86. The number of benzene rings is 1. The van der Waals surface area contributed by atoms with Gasteiger partial charge in [0, 0.05) is 5.54 Å². The van der Waals surface area contributed by atoms with E-state index in [0.717, 1.165) is 36.8 Å². The van der Waals surface area contributed by atoms with Crippen LogP contribution in [0.2, 0.25) is 0 Å². The van der Waals surface area contributed by atoms with Crippen molar-refractivity contribution in [2.45, 2.75) is 38.1 Å². The Balaban J connectivity index is 2.48. The van der Waals surface area contributed by atoms with Crippen molar-refractivity contribution in [1.29, 1.82) is 0 Å². The van der Waals surface area contributed by atoms with E-state index in [1.54, 1.807) is 0 Å². The van der Waals surface area contributed by atoms with Crippen molar-refractivity contribution in [3.63, 3.8) is 0 Å². The number of rotatable bonds is 1. The topological polar surface area (TPSA) is 46.2 Å². The van der Waals surface area contributed by atoms with Crippen LogP contribution in [-0.2, 0) is 5.54 Å². The van der Waals surface area contributed by atoms with Crippen LogP contribution < -0.4 is 5.73 Å². The van der Waals surface area contributed by atoms with E-state index in [9.17, 15) is 9.50 Å². The normalized spacial score (nSPS) is 19.4. The van der Waals surface area contributed by atoms with Gasteiger partial charge in [0.25, 0.3) is 0 Å². The fourth-order valence-corrected chi connectivity index (χ4v) is 2.48. The molecule has 1 aromatic carbocycles. The first-order valence-electron chi connectivity index (χ1n) is 5.31. The highest BCUT2D eigenvalue weighted by Gasteiger charge is 2.33. The molecule has 0 aromatic heterocycles. The molecule has 1 fully saturated rings. The molecule has 1 aliphatic rings. The number of hydrogen-bond acceptors (Lipinski definition) is 2. The molecule has 0 unspecified atom stereocenters. The number of nitrogens with two attached hydrogens (primary N) is 1. The molecule has 0 atom stereocenters. The van der Waals surface area contributed by atoms with E-state index >= 15 is 0 Å². The quantitative estimate of drug-likeness (QED) is 0.746. The van der Waals surface area contributed by atoms with E-state index in [1.165, 1.54) is 12.1 Å². The molecule has 0 spiro atoms. The molecule has 0 aliphatic heterocycles. The highest BCUT2D eigenvalue weighted by molar-refractivity contribution is 5.39. The summed E-state index contributed by atoms with van der Waals surface area (Å²) >= 11 is 0. The Bertz CT molecular complexity index is 383. The molecule has 1 aromatic rings. The minimum Gasteiger partial charge on any atom is -0.505 e. The van der Waals surface area contributed by atoms with E-state index in [-0.39, 0.29) is 5.75 Å². The van der Waals surface area contributed by atoms with Crippen LogP contribution in [0.1, 0.15) is 36.8 Å². The summed E-state index contributed by atoms with van der Waals surface area (Å²) < 4.78 is 13.3. The van der Waals surface area contributed by atoms with Gasteiger partial charge in [0.2, 0.25) is 0 Å². The summed E-state index contributed by atoms with van der Waals surface area (Å²) in [5, 5.41) is 9.24. The van der Waals surface area contributed by atoms with Crippen molar-refractivity contribution in [2.24, 2.45) is 5.73 Å². The molecule has 1 aliphatic carbocycles. The average Bonchev–Trinajstić information content (AvgIpc) is 2.60. The summed E-state index contributed by atoms with van der Waals surface area (Å²) in [5.41, 5.74) is 7.58. The zero-order chi connectivity index (χ0) is 11.1. The van der Waals surface area contributed by atoms with Gasteiger partial charge >= 0.3 is 0 Å².